The molecule has 0 bridgehead atoms. The molecule has 3 N–H and O–H groups in total. The van der Waals surface area contributed by atoms with E-state index in [1.54, 1.807) is 6.92 Å². The number of aromatic nitrogens is 2. The van der Waals surface area contributed by atoms with E-state index in [0.29, 0.717) is 0 Å². The van der Waals surface area contributed by atoms with Crippen LogP contribution in [0.5, 0.6) is 0 Å². The quantitative estimate of drug-likeness (QED) is 0.504. The van der Waals surface area contributed by atoms with Crippen LogP contribution in [0.2, 0.25) is 0 Å². The van der Waals surface area contributed by atoms with E-state index in [4.69, 9.17) is 5.11 Å². The van der Waals surface area contributed by atoms with Crippen molar-refractivity contribution >= 4 is 22.8 Å². The van der Waals surface area contributed by atoms with Gasteiger partial charge >= 0.3 is 5.97 Å². The van der Waals surface area contributed by atoms with Gasteiger partial charge in [0.25, 0.3) is 0 Å². The Morgan fingerprint density at radius 3 is 2.67 bits per heavy atom. The van der Waals surface area contributed by atoms with E-state index in [9.17, 15) is 28.9 Å². The van der Waals surface area contributed by atoms with Gasteiger partial charge < -0.3 is 20.0 Å². The number of rotatable bonds is 6. The van der Waals surface area contributed by atoms with E-state index >= 15 is 0 Å². The fraction of sp³-hybridized carbons (Fsp3) is 0.308. The fourth-order valence-corrected chi connectivity index (χ4v) is 2.20. The number of nitrogens with one attached hydrogen (secondary N) is 2. The van der Waals surface area contributed by atoms with Crippen LogP contribution in [0.15, 0.2) is 15.8 Å². The zero-order chi connectivity index (χ0) is 18.0. The predicted octanol–water partition coefficient (Wildman–Crippen LogP) is 0.236. The number of anilines is 1. The van der Waals surface area contributed by atoms with Crippen molar-refractivity contribution in [3.05, 3.63) is 48.1 Å². The molecule has 24 heavy (non-hydrogen) atoms. The normalized spacial score (nSPS) is 10.8. The van der Waals surface area contributed by atoms with Crippen molar-refractivity contribution in [2.45, 2.75) is 13.5 Å². The number of carboxylic acid groups (broad SMARTS) is 1. The van der Waals surface area contributed by atoms with Gasteiger partial charge in [0.15, 0.2) is 0 Å². The number of hydrogen-bond acceptors (Lipinski definition) is 6. The summed E-state index contributed by atoms with van der Waals surface area (Å²) >= 11 is 0. The maximum atomic E-state index is 14.1. The minimum Gasteiger partial charge on any atom is -0.477 e. The number of hydrogen-bond donors (Lipinski definition) is 3. The van der Waals surface area contributed by atoms with Crippen LogP contribution < -0.4 is 16.2 Å². The van der Waals surface area contributed by atoms with Crippen molar-refractivity contribution in [2.75, 3.05) is 18.4 Å². The van der Waals surface area contributed by atoms with E-state index < -0.39 is 50.9 Å². The van der Waals surface area contributed by atoms with Crippen LogP contribution in [0.25, 0.3) is 11.0 Å². The lowest BCUT2D eigenvalue weighted by Crippen LogP contribution is -2.27. The summed E-state index contributed by atoms with van der Waals surface area (Å²) in [4.78, 5) is 47.6. The van der Waals surface area contributed by atoms with Crippen LogP contribution in [-0.4, -0.2) is 38.6 Å². The van der Waals surface area contributed by atoms with Gasteiger partial charge in [-0.1, -0.05) is 0 Å². The van der Waals surface area contributed by atoms with Crippen LogP contribution >= 0.6 is 0 Å². The molecule has 0 aliphatic heterocycles. The molecular formula is C13H13FN4O6. The molecule has 2 rings (SSSR count). The Bertz CT molecular complexity index is 948. The number of fused-ring (bicyclic) bond motifs is 1. The molecule has 2 heterocycles. The molecule has 0 saturated carbocycles. The topological polar surface area (TPSA) is 147 Å². The van der Waals surface area contributed by atoms with Gasteiger partial charge in [-0.3, -0.25) is 19.7 Å². The molecule has 11 heteroatoms. The minimum atomic E-state index is -1.53. The first kappa shape index (κ1) is 17.1. The summed E-state index contributed by atoms with van der Waals surface area (Å²) in [6.07, 6.45) is 1.04. The summed E-state index contributed by atoms with van der Waals surface area (Å²) in [6, 6.07) is 0. The maximum Gasteiger partial charge on any atom is 0.341 e. The number of pyridine rings is 2. The Kier molecular flexibility index (Phi) is 4.62. The van der Waals surface area contributed by atoms with Crippen molar-refractivity contribution < 1.29 is 19.2 Å². The summed E-state index contributed by atoms with van der Waals surface area (Å²) in [5.41, 5.74) is -3.09. The number of H-pyrrole nitrogens is 1. The number of nitro groups is 1. The van der Waals surface area contributed by atoms with Crippen LogP contribution in [-0.2, 0) is 6.54 Å². The Hall–Kier alpha value is -3.24. The molecule has 0 radical (unpaired) electrons. The maximum absolute atomic E-state index is 14.1. The smallest absolute Gasteiger partial charge is 0.341 e. The molecule has 2 aromatic heterocycles. The molecule has 0 unspecified atom stereocenters. The summed E-state index contributed by atoms with van der Waals surface area (Å²) < 4.78 is 15.4. The Morgan fingerprint density at radius 1 is 1.46 bits per heavy atom. The van der Waals surface area contributed by atoms with E-state index in [2.05, 4.69) is 10.3 Å². The van der Waals surface area contributed by atoms with Gasteiger partial charge in [-0.25, -0.2) is 4.79 Å². The van der Waals surface area contributed by atoms with Crippen LogP contribution in [0, 0.1) is 15.9 Å². The first-order chi connectivity index (χ1) is 11.3. The highest BCUT2D eigenvalue weighted by atomic mass is 19.1. The standard InChI is InChI=1S/C13H13FN4O6/c1-2-17-5-6(13(21)22)9(19)7-10(20)8(14)11(16-12(7)17)15-3-4-18(23)24/h5H,2-4H2,1H3,(H,21,22)(H2,15,16,20). The fourth-order valence-electron chi connectivity index (χ4n) is 2.20. The molecule has 0 amide bonds. The molecule has 0 aromatic carbocycles. The number of halogens is 1. The van der Waals surface area contributed by atoms with Gasteiger partial charge in [-0.05, 0) is 6.92 Å². The van der Waals surface area contributed by atoms with Gasteiger partial charge in [0.05, 0.1) is 6.54 Å². The number of aromatic amines is 1. The van der Waals surface area contributed by atoms with Gasteiger partial charge in [0, 0.05) is 17.7 Å². The first-order valence-corrected chi connectivity index (χ1v) is 6.85. The summed E-state index contributed by atoms with van der Waals surface area (Å²) in [5.74, 6) is -3.27. The molecule has 0 saturated heterocycles. The van der Waals surface area contributed by atoms with E-state index in [0.717, 1.165) is 6.20 Å². The highest BCUT2D eigenvalue weighted by Crippen LogP contribution is 2.13. The summed E-state index contributed by atoms with van der Waals surface area (Å²) in [7, 11) is 0. The Morgan fingerprint density at radius 2 is 2.12 bits per heavy atom. The molecule has 128 valence electrons. The van der Waals surface area contributed by atoms with Crippen molar-refractivity contribution in [1.82, 2.24) is 9.55 Å². The molecule has 0 aliphatic carbocycles. The van der Waals surface area contributed by atoms with Crippen LogP contribution in [0.1, 0.15) is 17.3 Å². The largest absolute Gasteiger partial charge is 0.477 e. The predicted molar refractivity (Wildman–Crippen MR) is 81.8 cm³/mol. The van der Waals surface area contributed by atoms with Crippen molar-refractivity contribution in [2.24, 2.45) is 0 Å². The monoisotopic (exact) mass is 340 g/mol. The third kappa shape index (κ3) is 2.95. The van der Waals surface area contributed by atoms with Gasteiger partial charge in [0.1, 0.15) is 22.4 Å². The van der Waals surface area contributed by atoms with Gasteiger partial charge in [-0.2, -0.15) is 4.39 Å². The lowest BCUT2D eigenvalue weighted by atomic mass is 10.2. The van der Waals surface area contributed by atoms with Crippen molar-refractivity contribution in [3.8, 4) is 0 Å². The van der Waals surface area contributed by atoms with E-state index in [1.807, 2.05) is 0 Å². The third-order valence-corrected chi connectivity index (χ3v) is 3.34. The highest BCUT2D eigenvalue weighted by Gasteiger charge is 2.21. The number of aryl methyl sites for hydroxylation is 1. The molecule has 2 aromatic rings. The Balaban J connectivity index is 2.72. The molecule has 0 atom stereocenters. The van der Waals surface area contributed by atoms with Crippen LogP contribution in [0.4, 0.5) is 10.2 Å². The molecule has 10 nitrogen and oxygen atoms in total. The Labute approximate surface area is 132 Å². The van der Waals surface area contributed by atoms with E-state index in [-0.39, 0.29) is 18.7 Å². The van der Waals surface area contributed by atoms with Crippen molar-refractivity contribution in [1.29, 1.82) is 0 Å². The molecule has 0 fully saturated rings. The number of carbonyl (C=O) groups is 1. The second-order valence-corrected chi connectivity index (χ2v) is 4.81. The zero-order valence-corrected chi connectivity index (χ0v) is 12.5. The highest BCUT2D eigenvalue weighted by molar-refractivity contribution is 5.92. The number of carboxylic acids is 1. The van der Waals surface area contributed by atoms with E-state index in [1.165, 1.54) is 4.57 Å². The second kappa shape index (κ2) is 6.48. The lowest BCUT2D eigenvalue weighted by molar-refractivity contribution is -0.476. The number of nitrogens with zero attached hydrogens (tertiary/aromatic N) is 2. The summed E-state index contributed by atoms with van der Waals surface area (Å²) in [6.45, 7) is 1.09. The second-order valence-electron chi connectivity index (χ2n) is 4.81. The molecular weight excluding hydrogens is 327 g/mol. The summed E-state index contributed by atoms with van der Waals surface area (Å²) in [5, 5.41) is 21.1. The molecule has 0 aliphatic rings. The van der Waals surface area contributed by atoms with Gasteiger partial charge in [0.2, 0.25) is 23.2 Å². The van der Waals surface area contributed by atoms with Crippen molar-refractivity contribution in [3.63, 3.8) is 0 Å². The van der Waals surface area contributed by atoms with Crippen LogP contribution in [0.3, 0.4) is 0 Å². The SMILES string of the molecule is CCn1cc(C(=O)O)c(=O)c2c(=O)c(F)c(NCC[N+](=O)[O-])[nH]c21. The average Bonchev–Trinajstić information content (AvgIpc) is 2.51. The lowest BCUT2D eigenvalue weighted by Gasteiger charge is -2.12. The first-order valence-electron chi connectivity index (χ1n) is 6.85. The molecule has 0 spiro atoms. The van der Waals surface area contributed by atoms with Gasteiger partial charge in [-0.15, -0.1) is 0 Å². The third-order valence-electron chi connectivity index (χ3n) is 3.34. The number of aromatic carboxylic acids is 1. The zero-order valence-electron chi connectivity index (χ0n) is 12.5. The minimum absolute atomic E-state index is 0.0671. The average molecular weight is 340 g/mol.